The van der Waals surface area contributed by atoms with Gasteiger partial charge in [-0.3, -0.25) is 4.68 Å². The Kier molecular flexibility index (Phi) is 3.57. The molecule has 114 valence electrons. The van der Waals surface area contributed by atoms with Gasteiger partial charge in [0.2, 0.25) is 0 Å². The van der Waals surface area contributed by atoms with Gasteiger partial charge in [0.1, 0.15) is 16.4 Å². The molecule has 2 rings (SSSR count). The summed E-state index contributed by atoms with van der Waals surface area (Å²) in [6, 6.07) is 6.10. The van der Waals surface area contributed by atoms with Gasteiger partial charge in [-0.15, -0.1) is 0 Å². The van der Waals surface area contributed by atoms with Crippen LogP contribution >= 0.6 is 0 Å². The third kappa shape index (κ3) is 2.42. The zero-order chi connectivity index (χ0) is 16.0. The van der Waals surface area contributed by atoms with Crippen molar-refractivity contribution in [2.75, 3.05) is 12.0 Å². The summed E-state index contributed by atoms with van der Waals surface area (Å²) in [5, 5.41) is 4.21. The fourth-order valence-electron chi connectivity index (χ4n) is 2.06. The number of anilines is 1. The molecule has 1 aromatic heterocycles. The summed E-state index contributed by atoms with van der Waals surface area (Å²) < 4.78 is 38.3. The number of benzene rings is 1. The number of halogens is 1. The lowest BCUT2D eigenvalue weighted by Crippen LogP contribution is -2.29. The zero-order valence-electron chi connectivity index (χ0n) is 12.4. The second-order valence-electron chi connectivity index (χ2n) is 5.49. The molecular weight excluding hydrogens is 293 g/mol. The van der Waals surface area contributed by atoms with E-state index in [1.54, 1.807) is 25.2 Å². The summed E-state index contributed by atoms with van der Waals surface area (Å²) >= 11 is 0. The number of nitrogens with two attached hydrogens (primary N) is 1. The maximum Gasteiger partial charge on any atom is 0.158 e. The highest BCUT2D eigenvalue weighted by atomic mass is 32.2. The van der Waals surface area contributed by atoms with E-state index in [1.807, 2.05) is 0 Å². The van der Waals surface area contributed by atoms with Crippen LogP contribution in [0.2, 0.25) is 0 Å². The van der Waals surface area contributed by atoms with E-state index >= 15 is 0 Å². The van der Waals surface area contributed by atoms with Crippen LogP contribution in [-0.2, 0) is 21.6 Å². The Labute approximate surface area is 123 Å². The van der Waals surface area contributed by atoms with Crippen LogP contribution in [-0.4, -0.2) is 24.5 Å². The van der Waals surface area contributed by atoms with E-state index in [0.717, 1.165) is 6.26 Å². The highest BCUT2D eigenvalue weighted by molar-refractivity contribution is 7.91. The first-order valence-electron chi connectivity index (χ1n) is 6.35. The van der Waals surface area contributed by atoms with Crippen molar-refractivity contribution < 1.29 is 12.8 Å². The van der Waals surface area contributed by atoms with Gasteiger partial charge in [-0.2, -0.15) is 5.10 Å². The number of hydrogen-bond donors (Lipinski definition) is 1. The predicted molar refractivity (Wildman–Crippen MR) is 80.9 cm³/mol. The number of nitrogens with zero attached hydrogens (tertiary/aromatic N) is 2. The van der Waals surface area contributed by atoms with Crippen LogP contribution in [0.15, 0.2) is 24.3 Å². The minimum absolute atomic E-state index is 0.229. The summed E-state index contributed by atoms with van der Waals surface area (Å²) in [4.78, 5) is 0. The molecule has 1 aromatic carbocycles. The van der Waals surface area contributed by atoms with Crippen molar-refractivity contribution in [3.63, 3.8) is 0 Å². The van der Waals surface area contributed by atoms with Crippen molar-refractivity contribution in [2.24, 2.45) is 7.05 Å². The Morgan fingerprint density at radius 3 is 2.38 bits per heavy atom. The molecule has 0 aliphatic rings. The highest BCUT2D eigenvalue weighted by Crippen LogP contribution is 2.39. The molecule has 2 N–H and O–H groups in total. The fraction of sp³-hybridized carbons (Fsp3) is 0.357. The van der Waals surface area contributed by atoms with E-state index in [2.05, 4.69) is 5.10 Å². The van der Waals surface area contributed by atoms with Gasteiger partial charge in [-0.05, 0) is 19.9 Å². The second-order valence-corrected chi connectivity index (χ2v) is 8.06. The molecule has 0 spiro atoms. The summed E-state index contributed by atoms with van der Waals surface area (Å²) in [6.45, 7) is 3.07. The van der Waals surface area contributed by atoms with E-state index in [9.17, 15) is 12.8 Å². The van der Waals surface area contributed by atoms with Gasteiger partial charge in [-0.1, -0.05) is 18.2 Å². The molecule has 0 bridgehead atoms. The first kappa shape index (κ1) is 15.5. The van der Waals surface area contributed by atoms with Gasteiger partial charge in [0.05, 0.1) is 11.3 Å². The Hall–Kier alpha value is -1.89. The average Bonchev–Trinajstić information content (AvgIpc) is 2.66. The van der Waals surface area contributed by atoms with Crippen LogP contribution in [0.25, 0.3) is 11.1 Å². The molecule has 0 saturated heterocycles. The van der Waals surface area contributed by atoms with Crippen molar-refractivity contribution >= 4 is 15.7 Å². The normalized spacial score (nSPS) is 12.6. The molecule has 0 atom stereocenters. The summed E-state index contributed by atoms with van der Waals surface area (Å²) in [5.74, 6) is -0.241. The van der Waals surface area contributed by atoms with Crippen molar-refractivity contribution in [1.29, 1.82) is 0 Å². The van der Waals surface area contributed by atoms with E-state index < -0.39 is 20.4 Å². The molecule has 0 unspecified atom stereocenters. The molecule has 7 heteroatoms. The summed E-state index contributed by atoms with van der Waals surface area (Å²) in [7, 11) is -1.86. The standard InChI is InChI=1S/C14H18FN3O2S/c1-14(2,21(4,19)20)12-11(13(16)18(3)17-12)9-7-5-6-8-10(9)15/h5-8H,16H2,1-4H3. The zero-order valence-corrected chi connectivity index (χ0v) is 13.2. The molecule has 1 heterocycles. The minimum Gasteiger partial charge on any atom is -0.383 e. The fourth-order valence-corrected chi connectivity index (χ4v) is 2.56. The summed E-state index contributed by atoms with van der Waals surface area (Å²) in [5.41, 5.74) is 6.80. The van der Waals surface area contributed by atoms with Crippen LogP contribution in [0.3, 0.4) is 0 Å². The quantitative estimate of drug-likeness (QED) is 0.941. The molecule has 21 heavy (non-hydrogen) atoms. The molecule has 0 saturated carbocycles. The van der Waals surface area contributed by atoms with Crippen LogP contribution < -0.4 is 5.73 Å². The summed E-state index contributed by atoms with van der Waals surface area (Å²) in [6.07, 6.45) is 1.13. The highest BCUT2D eigenvalue weighted by Gasteiger charge is 2.39. The van der Waals surface area contributed by atoms with Crippen LogP contribution in [0, 0.1) is 5.82 Å². The monoisotopic (exact) mass is 311 g/mol. The number of nitrogen functional groups attached to an aromatic ring is 1. The topological polar surface area (TPSA) is 78.0 Å². The Balaban J connectivity index is 2.83. The lowest BCUT2D eigenvalue weighted by Gasteiger charge is -2.22. The van der Waals surface area contributed by atoms with Gasteiger partial charge in [-0.25, -0.2) is 12.8 Å². The van der Waals surface area contributed by atoms with Gasteiger partial charge in [0, 0.05) is 18.9 Å². The van der Waals surface area contributed by atoms with Crippen molar-refractivity contribution in [3.05, 3.63) is 35.8 Å². The van der Waals surface area contributed by atoms with Crippen molar-refractivity contribution in [2.45, 2.75) is 18.6 Å². The number of hydrogen-bond acceptors (Lipinski definition) is 4. The van der Waals surface area contributed by atoms with E-state index in [-0.39, 0.29) is 17.1 Å². The lowest BCUT2D eigenvalue weighted by atomic mass is 9.98. The Morgan fingerprint density at radius 1 is 1.29 bits per heavy atom. The number of sulfone groups is 1. The van der Waals surface area contributed by atoms with Crippen molar-refractivity contribution in [1.82, 2.24) is 9.78 Å². The minimum atomic E-state index is -3.46. The Morgan fingerprint density at radius 2 is 1.86 bits per heavy atom. The van der Waals surface area contributed by atoms with E-state index in [1.165, 1.54) is 24.6 Å². The smallest absolute Gasteiger partial charge is 0.158 e. The predicted octanol–water partition coefficient (Wildman–Crippen LogP) is 2.09. The van der Waals surface area contributed by atoms with Crippen molar-refractivity contribution in [3.8, 4) is 11.1 Å². The lowest BCUT2D eigenvalue weighted by molar-refractivity contribution is 0.552. The molecule has 0 amide bonds. The van der Waals surface area contributed by atoms with E-state index in [0.29, 0.717) is 5.56 Å². The molecule has 0 fully saturated rings. The molecule has 0 radical (unpaired) electrons. The van der Waals surface area contributed by atoms with Gasteiger partial charge < -0.3 is 5.73 Å². The molecule has 0 aliphatic carbocycles. The molecule has 5 nitrogen and oxygen atoms in total. The van der Waals surface area contributed by atoms with E-state index in [4.69, 9.17) is 5.73 Å². The average molecular weight is 311 g/mol. The third-order valence-corrected chi connectivity index (χ3v) is 5.78. The SMILES string of the molecule is Cn1nc(C(C)(C)S(C)(=O)=O)c(-c2ccccc2F)c1N. The van der Waals surface area contributed by atoms with Gasteiger partial charge in [0.15, 0.2) is 9.84 Å². The third-order valence-electron chi connectivity index (χ3n) is 3.73. The first-order valence-corrected chi connectivity index (χ1v) is 8.24. The number of aryl methyl sites for hydroxylation is 1. The number of rotatable bonds is 3. The second kappa shape index (κ2) is 4.84. The van der Waals surface area contributed by atoms with Crippen LogP contribution in [0.1, 0.15) is 19.5 Å². The molecule has 2 aromatic rings. The van der Waals surface area contributed by atoms with Gasteiger partial charge >= 0.3 is 0 Å². The van der Waals surface area contributed by atoms with Gasteiger partial charge in [0.25, 0.3) is 0 Å². The van der Waals surface area contributed by atoms with Crippen LogP contribution in [0.5, 0.6) is 0 Å². The van der Waals surface area contributed by atoms with Crippen LogP contribution in [0.4, 0.5) is 10.2 Å². The maximum atomic E-state index is 14.1. The molecular formula is C14H18FN3O2S. The number of aromatic nitrogens is 2. The first-order chi connectivity index (χ1) is 9.57. The largest absolute Gasteiger partial charge is 0.383 e. The maximum absolute atomic E-state index is 14.1. The Bertz CT molecular complexity index is 795. The molecule has 0 aliphatic heterocycles.